The molecular weight excluding hydrogens is 308 g/mol. The third-order valence-corrected chi connectivity index (χ3v) is 4.09. The number of aromatic nitrogens is 4. The number of amides is 1. The van der Waals surface area contributed by atoms with E-state index in [0.29, 0.717) is 13.0 Å². The highest BCUT2D eigenvalue weighted by atomic mass is 16.3. The van der Waals surface area contributed by atoms with Crippen LogP contribution in [0.25, 0.3) is 0 Å². The molecule has 126 valence electrons. The van der Waals surface area contributed by atoms with Crippen molar-refractivity contribution in [2.75, 3.05) is 31.6 Å². The Balaban J connectivity index is 1.68. The Morgan fingerprint density at radius 1 is 1.25 bits per heavy atom. The molecule has 1 amide bonds. The molecule has 0 bridgehead atoms. The third kappa shape index (κ3) is 3.65. The highest BCUT2D eigenvalue weighted by molar-refractivity contribution is 5.91. The Hall–Kier alpha value is -2.61. The van der Waals surface area contributed by atoms with Crippen molar-refractivity contribution in [3.63, 3.8) is 0 Å². The van der Waals surface area contributed by atoms with E-state index in [-0.39, 0.29) is 18.1 Å². The lowest BCUT2D eigenvalue weighted by Gasteiger charge is -2.41. The van der Waals surface area contributed by atoms with Crippen molar-refractivity contribution in [2.45, 2.75) is 18.4 Å². The summed E-state index contributed by atoms with van der Waals surface area (Å²) >= 11 is 0. The van der Waals surface area contributed by atoms with Gasteiger partial charge in [0.2, 0.25) is 0 Å². The summed E-state index contributed by atoms with van der Waals surface area (Å²) in [5.74, 6) is 0.478. The maximum atomic E-state index is 12.4. The molecular formula is C16H20N6O2. The van der Waals surface area contributed by atoms with Crippen molar-refractivity contribution in [3.05, 3.63) is 42.9 Å². The van der Waals surface area contributed by atoms with Gasteiger partial charge in [-0.3, -0.25) is 14.8 Å². The van der Waals surface area contributed by atoms with Crippen LogP contribution >= 0.6 is 0 Å². The molecule has 3 heterocycles. The molecule has 24 heavy (non-hydrogen) atoms. The van der Waals surface area contributed by atoms with Crippen LogP contribution in [0.3, 0.4) is 0 Å². The molecule has 1 N–H and O–H groups in total. The monoisotopic (exact) mass is 328 g/mol. The van der Waals surface area contributed by atoms with Crippen molar-refractivity contribution in [1.82, 2.24) is 24.8 Å². The number of anilines is 1. The molecule has 2 aromatic rings. The first kappa shape index (κ1) is 16.3. The van der Waals surface area contributed by atoms with Gasteiger partial charge in [-0.25, -0.2) is 9.97 Å². The number of nitrogens with zero attached hydrogens (tertiary/aromatic N) is 6. The van der Waals surface area contributed by atoms with Crippen LogP contribution < -0.4 is 4.90 Å². The van der Waals surface area contributed by atoms with Gasteiger partial charge in [0.25, 0.3) is 5.91 Å². The molecule has 0 saturated carbocycles. The lowest BCUT2D eigenvalue weighted by Crippen LogP contribution is -2.55. The van der Waals surface area contributed by atoms with Crippen LogP contribution in [0.4, 0.5) is 5.82 Å². The maximum absolute atomic E-state index is 12.4. The van der Waals surface area contributed by atoms with E-state index in [4.69, 9.17) is 0 Å². The summed E-state index contributed by atoms with van der Waals surface area (Å²) in [5.41, 5.74) is -0.729. The van der Waals surface area contributed by atoms with E-state index in [9.17, 15) is 9.90 Å². The number of rotatable bonds is 4. The standard InChI is InChI=1S/C16H20N6O2/c1-21(15(23)13-9-17-4-6-19-13)11-16(24)3-2-8-22(12-16)14-10-18-5-7-20-14/h4-7,9-10,24H,2-3,8,11-12H2,1H3. The number of likely N-dealkylation sites (N-methyl/N-ethyl adjacent to an activating group) is 1. The van der Waals surface area contributed by atoms with E-state index in [1.54, 1.807) is 25.6 Å². The number of β-amino-alcohol motifs (C(OH)–C–C–N with tert-alkyl or cyclic N) is 1. The number of hydrogen-bond acceptors (Lipinski definition) is 7. The molecule has 2 aromatic heterocycles. The topological polar surface area (TPSA) is 95.3 Å². The Kier molecular flexibility index (Phi) is 4.66. The van der Waals surface area contributed by atoms with Crippen LogP contribution in [0.2, 0.25) is 0 Å². The predicted molar refractivity (Wildman–Crippen MR) is 87.4 cm³/mol. The molecule has 8 heteroatoms. The van der Waals surface area contributed by atoms with Gasteiger partial charge in [0.1, 0.15) is 11.5 Å². The Labute approximate surface area is 140 Å². The smallest absolute Gasteiger partial charge is 0.273 e. The Morgan fingerprint density at radius 2 is 2.00 bits per heavy atom. The van der Waals surface area contributed by atoms with Gasteiger partial charge in [0, 0.05) is 44.9 Å². The van der Waals surface area contributed by atoms with E-state index in [1.165, 1.54) is 23.5 Å². The number of carbonyl (C=O) groups is 1. The fourth-order valence-electron chi connectivity index (χ4n) is 3.01. The zero-order chi connectivity index (χ0) is 17.0. The van der Waals surface area contributed by atoms with Gasteiger partial charge in [-0.15, -0.1) is 0 Å². The normalized spacial score (nSPS) is 20.7. The van der Waals surface area contributed by atoms with Crippen LogP contribution in [0.5, 0.6) is 0 Å². The van der Waals surface area contributed by atoms with Gasteiger partial charge in [-0.1, -0.05) is 0 Å². The van der Waals surface area contributed by atoms with Gasteiger partial charge < -0.3 is 14.9 Å². The average Bonchev–Trinajstić information content (AvgIpc) is 2.62. The number of hydrogen-bond donors (Lipinski definition) is 1. The minimum Gasteiger partial charge on any atom is -0.386 e. The summed E-state index contributed by atoms with van der Waals surface area (Å²) in [5, 5.41) is 10.9. The highest BCUT2D eigenvalue weighted by Crippen LogP contribution is 2.25. The first-order chi connectivity index (χ1) is 11.6. The molecule has 1 aliphatic rings. The predicted octanol–water partition coefficient (Wildman–Crippen LogP) is 0.370. The van der Waals surface area contributed by atoms with Crippen molar-refractivity contribution >= 4 is 11.7 Å². The van der Waals surface area contributed by atoms with Crippen LogP contribution in [0.15, 0.2) is 37.2 Å². The van der Waals surface area contributed by atoms with Crippen LogP contribution in [-0.4, -0.2) is 68.1 Å². The molecule has 1 saturated heterocycles. The molecule has 0 aromatic carbocycles. The molecule has 8 nitrogen and oxygen atoms in total. The quantitative estimate of drug-likeness (QED) is 0.866. The summed E-state index contributed by atoms with van der Waals surface area (Å²) in [6, 6.07) is 0. The second kappa shape index (κ2) is 6.88. The fraction of sp³-hybridized carbons (Fsp3) is 0.438. The molecule has 0 aliphatic carbocycles. The molecule has 1 fully saturated rings. The van der Waals surface area contributed by atoms with Gasteiger partial charge >= 0.3 is 0 Å². The van der Waals surface area contributed by atoms with Crippen molar-refractivity contribution in [2.24, 2.45) is 0 Å². The fourth-order valence-corrected chi connectivity index (χ4v) is 3.01. The van der Waals surface area contributed by atoms with Crippen molar-refractivity contribution < 1.29 is 9.90 Å². The Bertz CT molecular complexity index is 683. The molecule has 3 rings (SSSR count). The zero-order valence-electron chi connectivity index (χ0n) is 13.5. The average molecular weight is 328 g/mol. The SMILES string of the molecule is CN(CC1(O)CCCN(c2cnccn2)C1)C(=O)c1cnccn1. The summed E-state index contributed by atoms with van der Waals surface area (Å²) in [7, 11) is 1.66. The zero-order valence-corrected chi connectivity index (χ0v) is 13.5. The highest BCUT2D eigenvalue weighted by Gasteiger charge is 2.36. The van der Waals surface area contributed by atoms with Gasteiger partial charge in [-0.05, 0) is 12.8 Å². The summed E-state index contributed by atoms with van der Waals surface area (Å²) < 4.78 is 0. The summed E-state index contributed by atoms with van der Waals surface area (Å²) in [4.78, 5) is 32.2. The molecule has 1 unspecified atom stereocenters. The van der Waals surface area contributed by atoms with E-state index in [2.05, 4.69) is 19.9 Å². The van der Waals surface area contributed by atoms with E-state index < -0.39 is 5.60 Å². The lowest BCUT2D eigenvalue weighted by molar-refractivity contribution is -0.000302. The Morgan fingerprint density at radius 3 is 2.67 bits per heavy atom. The maximum Gasteiger partial charge on any atom is 0.273 e. The molecule has 0 radical (unpaired) electrons. The van der Waals surface area contributed by atoms with Crippen LogP contribution in [0.1, 0.15) is 23.3 Å². The van der Waals surface area contributed by atoms with Crippen molar-refractivity contribution in [3.8, 4) is 0 Å². The largest absolute Gasteiger partial charge is 0.386 e. The number of piperidine rings is 1. The van der Waals surface area contributed by atoms with Gasteiger partial charge in [0.05, 0.1) is 24.5 Å². The van der Waals surface area contributed by atoms with Gasteiger partial charge in [0.15, 0.2) is 0 Å². The van der Waals surface area contributed by atoms with Crippen molar-refractivity contribution in [1.29, 1.82) is 0 Å². The van der Waals surface area contributed by atoms with E-state index >= 15 is 0 Å². The minimum absolute atomic E-state index is 0.221. The first-order valence-electron chi connectivity index (χ1n) is 7.82. The van der Waals surface area contributed by atoms with E-state index in [1.807, 2.05) is 4.90 Å². The third-order valence-electron chi connectivity index (χ3n) is 4.09. The van der Waals surface area contributed by atoms with Crippen LogP contribution in [-0.2, 0) is 0 Å². The van der Waals surface area contributed by atoms with E-state index in [0.717, 1.165) is 18.8 Å². The lowest BCUT2D eigenvalue weighted by atomic mass is 9.92. The minimum atomic E-state index is -0.998. The summed E-state index contributed by atoms with van der Waals surface area (Å²) in [6.07, 6.45) is 10.8. The van der Waals surface area contributed by atoms with Gasteiger partial charge in [-0.2, -0.15) is 0 Å². The van der Waals surface area contributed by atoms with Crippen LogP contribution in [0, 0.1) is 0 Å². The molecule has 0 spiro atoms. The number of carbonyl (C=O) groups excluding carboxylic acids is 1. The summed E-state index contributed by atoms with van der Waals surface area (Å²) in [6.45, 7) is 1.44. The molecule has 1 aliphatic heterocycles. The first-order valence-corrected chi connectivity index (χ1v) is 7.82. The second-order valence-electron chi connectivity index (χ2n) is 6.06. The molecule has 1 atom stereocenters. The second-order valence-corrected chi connectivity index (χ2v) is 6.06. The number of aliphatic hydroxyl groups is 1.